The second-order valence-electron chi connectivity index (χ2n) is 5.85. The summed E-state index contributed by atoms with van der Waals surface area (Å²) in [4.78, 5) is 11.9. The molecular weight excluding hydrogens is 264 g/mol. The molecule has 0 bridgehead atoms. The van der Waals surface area contributed by atoms with Crippen LogP contribution in [-0.2, 0) is 14.8 Å². The summed E-state index contributed by atoms with van der Waals surface area (Å²) in [6.45, 7) is 1.89. The first kappa shape index (κ1) is 14.9. The maximum atomic E-state index is 11.9. The fourth-order valence-electron chi connectivity index (χ4n) is 2.62. The summed E-state index contributed by atoms with van der Waals surface area (Å²) in [5, 5.41) is 3.33. The Hall–Kier alpha value is -0.460. The van der Waals surface area contributed by atoms with E-state index in [2.05, 4.69) is 5.32 Å². The topological polar surface area (TPSA) is 66.5 Å². The van der Waals surface area contributed by atoms with Crippen molar-refractivity contribution in [2.45, 2.75) is 44.6 Å². The Labute approximate surface area is 115 Å². The highest BCUT2D eigenvalue weighted by atomic mass is 32.2. The molecular formula is C13H24N2O3S. The Kier molecular flexibility index (Phi) is 4.97. The highest BCUT2D eigenvalue weighted by molar-refractivity contribution is 7.88. The van der Waals surface area contributed by atoms with Gasteiger partial charge in [-0.15, -0.1) is 0 Å². The van der Waals surface area contributed by atoms with E-state index < -0.39 is 10.0 Å². The van der Waals surface area contributed by atoms with E-state index in [0.717, 1.165) is 19.4 Å². The molecule has 0 aromatic rings. The quantitative estimate of drug-likeness (QED) is 0.751. The van der Waals surface area contributed by atoms with E-state index in [1.165, 1.54) is 23.4 Å². The van der Waals surface area contributed by atoms with Gasteiger partial charge >= 0.3 is 0 Å². The highest BCUT2D eigenvalue weighted by Crippen LogP contribution is 2.22. The Balaban J connectivity index is 1.70. The molecule has 6 heteroatoms. The molecule has 0 amide bonds. The maximum Gasteiger partial charge on any atom is 0.211 e. The number of carbonyl (C=O) groups excluding carboxylic acids is 1. The summed E-state index contributed by atoms with van der Waals surface area (Å²) < 4.78 is 24.5. The van der Waals surface area contributed by atoms with Crippen LogP contribution in [-0.4, -0.2) is 50.4 Å². The first-order chi connectivity index (χ1) is 8.95. The second-order valence-corrected chi connectivity index (χ2v) is 7.83. The number of hydrogen-bond acceptors (Lipinski definition) is 4. The first-order valence-corrected chi connectivity index (χ1v) is 9.00. The lowest BCUT2D eigenvalue weighted by Gasteiger charge is -2.30. The van der Waals surface area contributed by atoms with Crippen LogP contribution < -0.4 is 5.32 Å². The number of nitrogens with one attached hydrogen (secondary N) is 1. The minimum Gasteiger partial charge on any atom is -0.314 e. The van der Waals surface area contributed by atoms with E-state index in [4.69, 9.17) is 0 Å². The van der Waals surface area contributed by atoms with E-state index in [9.17, 15) is 13.2 Å². The summed E-state index contributed by atoms with van der Waals surface area (Å²) >= 11 is 0. The van der Waals surface area contributed by atoms with Crippen LogP contribution in [0.5, 0.6) is 0 Å². The van der Waals surface area contributed by atoms with Gasteiger partial charge in [0, 0.05) is 38.5 Å². The van der Waals surface area contributed by atoms with E-state index in [1.54, 1.807) is 0 Å². The lowest BCUT2D eigenvalue weighted by atomic mass is 9.93. The molecule has 1 N–H and O–H groups in total. The van der Waals surface area contributed by atoms with Crippen LogP contribution >= 0.6 is 0 Å². The van der Waals surface area contributed by atoms with Gasteiger partial charge in [0.1, 0.15) is 5.78 Å². The van der Waals surface area contributed by atoms with Gasteiger partial charge in [0.15, 0.2) is 0 Å². The standard InChI is InChI=1S/C13H24N2O3S/c1-19(17,18)15-8-2-3-11(10-15)9-13(16)6-7-14-12-4-5-12/h11-12,14H,2-10H2,1H3. The van der Waals surface area contributed by atoms with Crippen LogP contribution in [0.25, 0.3) is 0 Å². The normalized spacial score (nSPS) is 25.4. The zero-order valence-corrected chi connectivity index (χ0v) is 12.4. The summed E-state index contributed by atoms with van der Waals surface area (Å²) in [7, 11) is -3.10. The predicted molar refractivity (Wildman–Crippen MR) is 74.4 cm³/mol. The maximum absolute atomic E-state index is 11.9. The van der Waals surface area contributed by atoms with Crippen LogP contribution in [0.4, 0.5) is 0 Å². The van der Waals surface area contributed by atoms with E-state index in [-0.39, 0.29) is 11.7 Å². The van der Waals surface area contributed by atoms with Gasteiger partial charge in [-0.3, -0.25) is 4.79 Å². The fourth-order valence-corrected chi connectivity index (χ4v) is 3.56. The van der Waals surface area contributed by atoms with Gasteiger partial charge < -0.3 is 5.32 Å². The number of ketones is 1. The molecule has 19 heavy (non-hydrogen) atoms. The molecule has 0 spiro atoms. The third-order valence-corrected chi connectivity index (χ3v) is 5.15. The molecule has 2 rings (SSSR count). The van der Waals surface area contributed by atoms with Crippen molar-refractivity contribution in [3.05, 3.63) is 0 Å². The zero-order chi connectivity index (χ0) is 13.9. The molecule has 1 aliphatic carbocycles. The summed E-state index contributed by atoms with van der Waals surface area (Å²) in [6.07, 6.45) is 6.65. The second kappa shape index (κ2) is 6.33. The monoisotopic (exact) mass is 288 g/mol. The molecule has 1 saturated carbocycles. The fraction of sp³-hybridized carbons (Fsp3) is 0.923. The molecule has 0 aromatic heterocycles. The van der Waals surface area contributed by atoms with Crippen molar-refractivity contribution in [1.29, 1.82) is 0 Å². The molecule has 1 unspecified atom stereocenters. The SMILES string of the molecule is CS(=O)(=O)N1CCCC(CC(=O)CCNC2CC2)C1. The largest absolute Gasteiger partial charge is 0.314 e. The average molecular weight is 288 g/mol. The summed E-state index contributed by atoms with van der Waals surface area (Å²) in [5.41, 5.74) is 0. The van der Waals surface area contributed by atoms with Gasteiger partial charge in [-0.25, -0.2) is 12.7 Å². The van der Waals surface area contributed by atoms with Crippen molar-refractivity contribution in [1.82, 2.24) is 9.62 Å². The first-order valence-electron chi connectivity index (χ1n) is 7.15. The van der Waals surface area contributed by atoms with Crippen LogP contribution in [0.15, 0.2) is 0 Å². The molecule has 110 valence electrons. The summed E-state index contributed by atoms with van der Waals surface area (Å²) in [6, 6.07) is 0.642. The Bertz CT molecular complexity index is 418. The highest BCUT2D eigenvalue weighted by Gasteiger charge is 2.27. The molecule has 1 aliphatic heterocycles. The van der Waals surface area contributed by atoms with Crippen LogP contribution in [0.3, 0.4) is 0 Å². The number of hydrogen-bond donors (Lipinski definition) is 1. The van der Waals surface area contributed by atoms with Crippen LogP contribution in [0.2, 0.25) is 0 Å². The molecule has 1 saturated heterocycles. The number of sulfonamides is 1. The van der Waals surface area contributed by atoms with E-state index in [0.29, 0.717) is 32.0 Å². The number of carbonyl (C=O) groups is 1. The number of nitrogens with zero attached hydrogens (tertiary/aromatic N) is 1. The van der Waals surface area contributed by atoms with Gasteiger partial charge in [0.2, 0.25) is 10.0 Å². The minimum absolute atomic E-state index is 0.205. The van der Waals surface area contributed by atoms with Crippen molar-refractivity contribution in [3.8, 4) is 0 Å². The minimum atomic E-state index is -3.10. The van der Waals surface area contributed by atoms with Gasteiger partial charge in [-0.1, -0.05) is 0 Å². The van der Waals surface area contributed by atoms with Crippen LogP contribution in [0, 0.1) is 5.92 Å². The number of Topliss-reactive ketones (excluding diaryl/α,β-unsaturated/α-hetero) is 1. The predicted octanol–water partition coefficient (Wildman–Crippen LogP) is 0.759. The van der Waals surface area contributed by atoms with Gasteiger partial charge in [0.05, 0.1) is 6.26 Å². The van der Waals surface area contributed by atoms with Gasteiger partial charge in [-0.05, 0) is 31.6 Å². The molecule has 2 aliphatic rings. The van der Waals surface area contributed by atoms with Gasteiger partial charge in [0.25, 0.3) is 0 Å². The Morgan fingerprint density at radius 1 is 1.32 bits per heavy atom. The number of piperidine rings is 1. The van der Waals surface area contributed by atoms with E-state index in [1.807, 2.05) is 0 Å². The van der Waals surface area contributed by atoms with Crippen LogP contribution in [0.1, 0.15) is 38.5 Å². The molecule has 1 heterocycles. The third-order valence-electron chi connectivity index (χ3n) is 3.88. The van der Waals surface area contributed by atoms with Crippen molar-refractivity contribution in [3.63, 3.8) is 0 Å². The van der Waals surface area contributed by atoms with Gasteiger partial charge in [-0.2, -0.15) is 0 Å². The Morgan fingerprint density at radius 3 is 2.68 bits per heavy atom. The van der Waals surface area contributed by atoms with Crippen molar-refractivity contribution < 1.29 is 13.2 Å². The third kappa shape index (κ3) is 5.20. The lowest BCUT2D eigenvalue weighted by Crippen LogP contribution is -2.39. The lowest BCUT2D eigenvalue weighted by molar-refractivity contribution is -0.120. The molecule has 0 aromatic carbocycles. The average Bonchev–Trinajstić information content (AvgIpc) is 3.12. The zero-order valence-electron chi connectivity index (χ0n) is 11.6. The van der Waals surface area contributed by atoms with Crippen molar-refractivity contribution in [2.75, 3.05) is 25.9 Å². The van der Waals surface area contributed by atoms with Crippen molar-refractivity contribution >= 4 is 15.8 Å². The van der Waals surface area contributed by atoms with Crippen molar-refractivity contribution in [2.24, 2.45) is 5.92 Å². The number of rotatable bonds is 7. The molecule has 1 atom stereocenters. The molecule has 0 radical (unpaired) electrons. The summed E-state index contributed by atoms with van der Waals surface area (Å²) in [5.74, 6) is 0.463. The van der Waals surface area contributed by atoms with E-state index >= 15 is 0 Å². The Morgan fingerprint density at radius 2 is 2.05 bits per heavy atom. The smallest absolute Gasteiger partial charge is 0.211 e. The molecule has 2 fully saturated rings. The molecule has 5 nitrogen and oxygen atoms in total.